The highest BCUT2D eigenvalue weighted by atomic mass is 16.5. The zero-order chi connectivity index (χ0) is 22.5. The SMILES string of the molecule is COc1ccc(C(O)COc2ccc(C(=O)O)c(O)c2)cc1C12CC3CC(CC(C3)C1)C2. The van der Waals surface area contributed by atoms with Gasteiger partial charge in [0, 0.05) is 11.6 Å². The van der Waals surface area contributed by atoms with Crippen molar-refractivity contribution in [1.29, 1.82) is 0 Å². The molecule has 4 saturated carbocycles. The molecule has 0 saturated heterocycles. The smallest absolute Gasteiger partial charge is 0.339 e. The number of carboxylic acids is 1. The summed E-state index contributed by atoms with van der Waals surface area (Å²) in [7, 11) is 1.71. The maximum absolute atomic E-state index is 11.0. The Morgan fingerprint density at radius 1 is 1.06 bits per heavy atom. The van der Waals surface area contributed by atoms with Crippen LogP contribution in [0.5, 0.6) is 17.2 Å². The van der Waals surface area contributed by atoms with Crippen LogP contribution in [0.2, 0.25) is 0 Å². The quantitative estimate of drug-likeness (QED) is 0.581. The number of rotatable bonds is 7. The summed E-state index contributed by atoms with van der Waals surface area (Å²) < 4.78 is 11.4. The first-order chi connectivity index (χ1) is 15.4. The largest absolute Gasteiger partial charge is 0.507 e. The number of aliphatic hydroxyl groups is 1. The van der Waals surface area contributed by atoms with Crippen molar-refractivity contribution >= 4 is 5.97 Å². The van der Waals surface area contributed by atoms with Gasteiger partial charge in [-0.25, -0.2) is 4.79 Å². The van der Waals surface area contributed by atoms with Crippen molar-refractivity contribution in [2.45, 2.75) is 50.0 Å². The van der Waals surface area contributed by atoms with Gasteiger partial charge in [0.25, 0.3) is 0 Å². The minimum absolute atomic E-state index is 0.00149. The molecule has 1 unspecified atom stereocenters. The Balaban J connectivity index is 1.36. The van der Waals surface area contributed by atoms with Gasteiger partial charge in [-0.1, -0.05) is 6.07 Å². The molecule has 0 heterocycles. The highest BCUT2D eigenvalue weighted by Gasteiger charge is 2.52. The number of carbonyl (C=O) groups is 1. The van der Waals surface area contributed by atoms with Crippen molar-refractivity contribution < 1.29 is 29.6 Å². The maximum Gasteiger partial charge on any atom is 0.339 e. The van der Waals surface area contributed by atoms with Crippen LogP contribution >= 0.6 is 0 Å². The molecule has 6 heteroatoms. The van der Waals surface area contributed by atoms with Gasteiger partial charge in [-0.2, -0.15) is 0 Å². The molecule has 170 valence electrons. The fourth-order valence-corrected chi connectivity index (χ4v) is 6.84. The molecule has 0 amide bonds. The van der Waals surface area contributed by atoms with Crippen molar-refractivity contribution in [3.05, 3.63) is 53.1 Å². The van der Waals surface area contributed by atoms with Crippen LogP contribution in [-0.2, 0) is 5.41 Å². The van der Waals surface area contributed by atoms with E-state index in [9.17, 15) is 15.0 Å². The number of phenols is 1. The minimum Gasteiger partial charge on any atom is -0.507 e. The molecule has 0 aromatic heterocycles. The molecular weight excluding hydrogens is 408 g/mol. The molecule has 32 heavy (non-hydrogen) atoms. The van der Waals surface area contributed by atoms with Crippen LogP contribution in [0.1, 0.15) is 66.1 Å². The third kappa shape index (κ3) is 3.71. The fraction of sp³-hybridized carbons (Fsp3) is 0.500. The topological polar surface area (TPSA) is 96.2 Å². The van der Waals surface area contributed by atoms with E-state index in [1.54, 1.807) is 7.11 Å². The summed E-state index contributed by atoms with van der Waals surface area (Å²) >= 11 is 0. The van der Waals surface area contributed by atoms with E-state index < -0.39 is 12.1 Å². The van der Waals surface area contributed by atoms with E-state index in [-0.39, 0.29) is 23.3 Å². The molecule has 2 aromatic rings. The van der Waals surface area contributed by atoms with E-state index in [1.807, 2.05) is 12.1 Å². The molecular formula is C26H30O6. The van der Waals surface area contributed by atoms with Crippen molar-refractivity contribution in [2.24, 2.45) is 17.8 Å². The summed E-state index contributed by atoms with van der Waals surface area (Å²) in [4.78, 5) is 11.0. The fourth-order valence-electron chi connectivity index (χ4n) is 6.84. The van der Waals surface area contributed by atoms with Crippen molar-refractivity contribution in [3.63, 3.8) is 0 Å². The highest BCUT2D eigenvalue weighted by Crippen LogP contribution is 2.62. The molecule has 3 N–H and O–H groups in total. The number of aromatic carboxylic acids is 1. The van der Waals surface area contributed by atoms with Gasteiger partial charge in [0.2, 0.25) is 0 Å². The molecule has 6 rings (SSSR count). The van der Waals surface area contributed by atoms with E-state index in [2.05, 4.69) is 6.07 Å². The first-order valence-corrected chi connectivity index (χ1v) is 11.4. The second-order valence-electron chi connectivity index (χ2n) is 9.97. The summed E-state index contributed by atoms with van der Waals surface area (Å²) in [6, 6.07) is 9.96. The number of aliphatic hydroxyl groups excluding tert-OH is 1. The van der Waals surface area contributed by atoms with Crippen LogP contribution in [0.3, 0.4) is 0 Å². The molecule has 4 fully saturated rings. The third-order valence-electron chi connectivity index (χ3n) is 7.83. The second kappa shape index (κ2) is 8.00. The van der Waals surface area contributed by atoms with Gasteiger partial charge in [0.05, 0.1) is 7.11 Å². The first kappa shape index (κ1) is 21.1. The van der Waals surface area contributed by atoms with Crippen LogP contribution < -0.4 is 9.47 Å². The van der Waals surface area contributed by atoms with E-state index in [4.69, 9.17) is 14.6 Å². The Labute approximate surface area is 187 Å². The van der Waals surface area contributed by atoms with Crippen molar-refractivity contribution in [2.75, 3.05) is 13.7 Å². The monoisotopic (exact) mass is 438 g/mol. The number of carboxylic acid groups (broad SMARTS) is 1. The predicted octanol–water partition coefficient (Wildman–Crippen LogP) is 4.68. The zero-order valence-electron chi connectivity index (χ0n) is 18.3. The van der Waals surface area contributed by atoms with Gasteiger partial charge in [-0.05, 0) is 91.5 Å². The minimum atomic E-state index is -1.20. The standard InChI is InChI=1S/C26H30O6/c1-31-24-5-2-18(23(28)14-32-19-3-4-20(25(29)30)22(27)10-19)9-21(24)26-11-15-6-16(12-26)8-17(7-15)13-26/h2-5,9-10,15-17,23,27-28H,6-8,11-14H2,1H3,(H,29,30). The van der Waals surface area contributed by atoms with Crippen molar-refractivity contribution in [3.8, 4) is 17.2 Å². The highest BCUT2D eigenvalue weighted by molar-refractivity contribution is 5.90. The molecule has 4 bridgehead atoms. The predicted molar refractivity (Wildman–Crippen MR) is 118 cm³/mol. The van der Waals surface area contributed by atoms with E-state index in [0.29, 0.717) is 5.75 Å². The summed E-state index contributed by atoms with van der Waals surface area (Å²) in [5.41, 5.74) is 1.96. The number of hydrogen-bond donors (Lipinski definition) is 3. The Bertz CT molecular complexity index is 994. The van der Waals surface area contributed by atoms with Gasteiger partial charge >= 0.3 is 5.97 Å². The summed E-state index contributed by atoms with van der Waals surface area (Å²) in [5.74, 6) is 2.07. The number of aromatic hydroxyl groups is 1. The molecule has 4 aliphatic rings. The summed E-state index contributed by atoms with van der Waals surface area (Å²) in [6.45, 7) is -0.00149. The number of methoxy groups -OCH3 is 1. The molecule has 0 radical (unpaired) electrons. The molecule has 6 nitrogen and oxygen atoms in total. The Morgan fingerprint density at radius 3 is 2.28 bits per heavy atom. The summed E-state index contributed by atoms with van der Waals surface area (Å²) in [5, 5.41) is 29.7. The normalized spacial score (nSPS) is 29.0. The van der Waals surface area contributed by atoms with Gasteiger partial charge in [-0.15, -0.1) is 0 Å². The van der Waals surface area contributed by atoms with E-state index in [0.717, 1.165) is 29.1 Å². The van der Waals surface area contributed by atoms with Gasteiger partial charge in [0.15, 0.2) is 0 Å². The first-order valence-electron chi connectivity index (χ1n) is 11.4. The molecule has 0 aliphatic heterocycles. The van der Waals surface area contributed by atoms with E-state index >= 15 is 0 Å². The van der Waals surface area contributed by atoms with Gasteiger partial charge < -0.3 is 24.8 Å². The molecule has 4 aliphatic carbocycles. The number of ether oxygens (including phenoxy) is 2. The zero-order valence-corrected chi connectivity index (χ0v) is 18.3. The second-order valence-corrected chi connectivity index (χ2v) is 9.97. The van der Waals surface area contributed by atoms with Crippen LogP contribution in [0, 0.1) is 17.8 Å². The Hall–Kier alpha value is -2.73. The third-order valence-corrected chi connectivity index (χ3v) is 7.83. The number of hydrogen-bond acceptors (Lipinski definition) is 5. The molecule has 1 atom stereocenters. The molecule has 2 aromatic carbocycles. The van der Waals surface area contributed by atoms with Gasteiger partial charge in [0.1, 0.15) is 35.5 Å². The van der Waals surface area contributed by atoms with Crippen LogP contribution in [-0.4, -0.2) is 35.0 Å². The van der Waals surface area contributed by atoms with Gasteiger partial charge in [-0.3, -0.25) is 0 Å². The van der Waals surface area contributed by atoms with Crippen LogP contribution in [0.15, 0.2) is 36.4 Å². The Morgan fingerprint density at radius 2 is 1.72 bits per heavy atom. The molecule has 0 spiro atoms. The summed E-state index contributed by atoms with van der Waals surface area (Å²) in [6.07, 6.45) is 6.87. The lowest BCUT2D eigenvalue weighted by Gasteiger charge is -2.57. The van der Waals surface area contributed by atoms with Crippen LogP contribution in [0.25, 0.3) is 0 Å². The van der Waals surface area contributed by atoms with Crippen molar-refractivity contribution in [1.82, 2.24) is 0 Å². The lowest BCUT2D eigenvalue weighted by molar-refractivity contribution is -0.00631. The lowest BCUT2D eigenvalue weighted by Crippen LogP contribution is -2.48. The number of benzene rings is 2. The maximum atomic E-state index is 11.0. The Kier molecular flexibility index (Phi) is 5.28. The average molecular weight is 439 g/mol. The lowest BCUT2D eigenvalue weighted by atomic mass is 9.48. The van der Waals surface area contributed by atoms with E-state index in [1.165, 1.54) is 62.3 Å². The van der Waals surface area contributed by atoms with Crippen LogP contribution in [0.4, 0.5) is 0 Å². The average Bonchev–Trinajstić information content (AvgIpc) is 2.76.